The van der Waals surface area contributed by atoms with Crippen LogP contribution in [0.25, 0.3) is 0 Å². The lowest BCUT2D eigenvalue weighted by molar-refractivity contribution is 0.601. The van der Waals surface area contributed by atoms with Gasteiger partial charge in [-0.2, -0.15) is 0 Å². The number of rotatable bonds is 6. The molecule has 2 aromatic carbocycles. The van der Waals surface area contributed by atoms with Crippen LogP contribution in [0.4, 0.5) is 5.13 Å². The van der Waals surface area contributed by atoms with Crippen molar-refractivity contribution in [2.75, 3.05) is 4.72 Å². The van der Waals surface area contributed by atoms with E-state index in [0.29, 0.717) is 4.34 Å². The van der Waals surface area contributed by atoms with E-state index in [9.17, 15) is 8.42 Å². The van der Waals surface area contributed by atoms with Crippen LogP contribution < -0.4 is 4.72 Å². The number of nitrogens with one attached hydrogen (secondary N) is 1. The van der Waals surface area contributed by atoms with Crippen molar-refractivity contribution >= 4 is 54.2 Å². The van der Waals surface area contributed by atoms with Crippen LogP contribution in [0.15, 0.2) is 68.3 Å². The zero-order chi connectivity index (χ0) is 17.0. The highest BCUT2D eigenvalue weighted by Gasteiger charge is 2.16. The first-order chi connectivity index (χ1) is 11.5. The first kappa shape index (κ1) is 17.4. The minimum absolute atomic E-state index is 0.180. The monoisotopic (exact) mass is 441 g/mol. The average Bonchev–Trinajstić information content (AvgIpc) is 3.01. The zero-order valence-corrected chi connectivity index (χ0v) is 16.3. The molecule has 0 aliphatic heterocycles. The number of benzene rings is 2. The molecular weight excluding hydrogens is 430 g/mol. The van der Waals surface area contributed by atoms with Crippen molar-refractivity contribution in [3.05, 3.63) is 64.6 Å². The fraction of sp³-hybridized carbons (Fsp3) is 0.0667. The van der Waals surface area contributed by atoms with Crippen molar-refractivity contribution in [1.82, 2.24) is 10.2 Å². The van der Waals surface area contributed by atoms with Gasteiger partial charge in [0.2, 0.25) is 5.13 Å². The molecule has 3 aromatic rings. The van der Waals surface area contributed by atoms with Gasteiger partial charge >= 0.3 is 0 Å². The van der Waals surface area contributed by atoms with Crippen molar-refractivity contribution in [3.63, 3.8) is 0 Å². The van der Waals surface area contributed by atoms with Crippen LogP contribution in [0.3, 0.4) is 0 Å². The molecule has 0 bridgehead atoms. The summed E-state index contributed by atoms with van der Waals surface area (Å²) in [6.07, 6.45) is 0. The van der Waals surface area contributed by atoms with E-state index in [1.807, 2.05) is 30.3 Å². The van der Waals surface area contributed by atoms with Crippen LogP contribution in [0, 0.1) is 0 Å². The largest absolute Gasteiger partial charge is 0.263 e. The van der Waals surface area contributed by atoms with Crippen molar-refractivity contribution in [2.24, 2.45) is 0 Å². The van der Waals surface area contributed by atoms with Gasteiger partial charge in [-0.15, -0.1) is 10.2 Å². The van der Waals surface area contributed by atoms with E-state index in [2.05, 4.69) is 30.8 Å². The minimum Gasteiger partial charge on any atom is -0.253 e. The van der Waals surface area contributed by atoms with Gasteiger partial charge < -0.3 is 0 Å². The normalized spacial score (nSPS) is 11.4. The predicted molar refractivity (Wildman–Crippen MR) is 101 cm³/mol. The van der Waals surface area contributed by atoms with Crippen molar-refractivity contribution in [3.8, 4) is 0 Å². The van der Waals surface area contributed by atoms with Crippen molar-refractivity contribution in [2.45, 2.75) is 15.0 Å². The number of hydrogen-bond acceptors (Lipinski definition) is 6. The number of thioether (sulfide) groups is 1. The Bertz CT molecular complexity index is 913. The molecule has 0 fully saturated rings. The van der Waals surface area contributed by atoms with Crippen LogP contribution in [0.1, 0.15) is 5.56 Å². The highest BCUT2D eigenvalue weighted by atomic mass is 79.9. The molecule has 0 atom stereocenters. The van der Waals surface area contributed by atoms with Crippen LogP contribution in [-0.4, -0.2) is 18.6 Å². The van der Waals surface area contributed by atoms with Gasteiger partial charge in [0.15, 0.2) is 4.34 Å². The van der Waals surface area contributed by atoms with Gasteiger partial charge in [0.25, 0.3) is 10.0 Å². The molecule has 3 rings (SSSR count). The molecule has 9 heteroatoms. The van der Waals surface area contributed by atoms with Crippen LogP contribution in [-0.2, 0) is 15.8 Å². The number of hydrogen-bond donors (Lipinski definition) is 1. The van der Waals surface area contributed by atoms with Gasteiger partial charge in [-0.05, 0) is 29.8 Å². The Morgan fingerprint density at radius 2 is 1.75 bits per heavy atom. The lowest BCUT2D eigenvalue weighted by atomic mass is 10.2. The summed E-state index contributed by atoms with van der Waals surface area (Å²) in [5.41, 5.74) is 1.18. The molecule has 0 radical (unpaired) electrons. The molecule has 24 heavy (non-hydrogen) atoms. The Labute approximate surface area is 156 Å². The fourth-order valence-corrected chi connectivity index (χ4v) is 5.02. The summed E-state index contributed by atoms with van der Waals surface area (Å²) in [6.45, 7) is 0. The lowest BCUT2D eigenvalue weighted by Crippen LogP contribution is -2.12. The maximum absolute atomic E-state index is 12.3. The number of halogens is 1. The Kier molecular flexibility index (Phi) is 5.54. The Morgan fingerprint density at radius 1 is 1.04 bits per heavy atom. The van der Waals surface area contributed by atoms with E-state index in [1.54, 1.807) is 12.1 Å². The molecule has 0 aliphatic carbocycles. The van der Waals surface area contributed by atoms with Gasteiger partial charge in [-0.25, -0.2) is 8.42 Å². The van der Waals surface area contributed by atoms with Gasteiger partial charge in [-0.3, -0.25) is 4.72 Å². The van der Waals surface area contributed by atoms with Gasteiger partial charge in [0, 0.05) is 10.2 Å². The first-order valence-electron chi connectivity index (χ1n) is 6.81. The summed E-state index contributed by atoms with van der Waals surface area (Å²) in [6, 6.07) is 16.4. The minimum atomic E-state index is -3.66. The van der Waals surface area contributed by atoms with E-state index < -0.39 is 10.0 Å². The molecule has 0 amide bonds. The Hall–Kier alpha value is -1.42. The summed E-state index contributed by atoms with van der Waals surface area (Å²) >= 11 is 6.02. The van der Waals surface area contributed by atoms with E-state index in [1.165, 1.54) is 40.8 Å². The standard InChI is InChI=1S/C15H12BrN3O2S3/c16-12-6-8-13(9-7-12)24(20,21)19-14-17-18-15(23-14)22-10-11-4-2-1-3-5-11/h1-9H,10H2,(H,17,19). The second-order valence-corrected chi connectivity index (χ2v) is 9.50. The average molecular weight is 442 g/mol. The Balaban J connectivity index is 1.66. The highest BCUT2D eigenvalue weighted by molar-refractivity contribution is 9.10. The third kappa shape index (κ3) is 4.56. The zero-order valence-electron chi connectivity index (χ0n) is 12.2. The van der Waals surface area contributed by atoms with Gasteiger partial charge in [-0.1, -0.05) is 69.4 Å². The number of aromatic nitrogens is 2. The summed E-state index contributed by atoms with van der Waals surface area (Å²) < 4.78 is 28.6. The van der Waals surface area contributed by atoms with Crippen molar-refractivity contribution < 1.29 is 8.42 Å². The molecule has 1 N–H and O–H groups in total. The molecule has 0 saturated heterocycles. The highest BCUT2D eigenvalue weighted by Crippen LogP contribution is 2.29. The SMILES string of the molecule is O=S(=O)(Nc1nnc(SCc2ccccc2)s1)c1ccc(Br)cc1. The molecule has 0 aliphatic rings. The molecule has 5 nitrogen and oxygen atoms in total. The van der Waals surface area contributed by atoms with Gasteiger partial charge in [0.1, 0.15) is 0 Å². The van der Waals surface area contributed by atoms with Crippen molar-refractivity contribution in [1.29, 1.82) is 0 Å². The number of sulfonamides is 1. The number of anilines is 1. The molecule has 0 spiro atoms. The molecular formula is C15H12BrN3O2S3. The van der Waals surface area contributed by atoms with Crippen LogP contribution in [0.5, 0.6) is 0 Å². The summed E-state index contributed by atoms with van der Waals surface area (Å²) in [7, 11) is -3.66. The molecule has 1 aromatic heterocycles. The van der Waals surface area contributed by atoms with Gasteiger partial charge in [0.05, 0.1) is 4.90 Å². The second-order valence-electron chi connectivity index (χ2n) is 4.71. The van der Waals surface area contributed by atoms with E-state index in [4.69, 9.17) is 0 Å². The summed E-state index contributed by atoms with van der Waals surface area (Å²) in [5.74, 6) is 0.759. The topological polar surface area (TPSA) is 72.0 Å². The van der Waals surface area contributed by atoms with E-state index in [0.717, 1.165) is 10.2 Å². The molecule has 0 unspecified atom stereocenters. The van der Waals surface area contributed by atoms with E-state index >= 15 is 0 Å². The lowest BCUT2D eigenvalue weighted by Gasteiger charge is -2.04. The third-order valence-corrected chi connectivity index (χ3v) is 7.01. The molecule has 1 heterocycles. The number of nitrogens with zero attached hydrogens (tertiary/aromatic N) is 2. The first-order valence-corrected chi connectivity index (χ1v) is 10.9. The maximum Gasteiger partial charge on any atom is 0.263 e. The molecule has 124 valence electrons. The summed E-state index contributed by atoms with van der Waals surface area (Å²) in [4.78, 5) is 0.180. The maximum atomic E-state index is 12.3. The van der Waals surface area contributed by atoms with Crippen LogP contribution >= 0.6 is 39.0 Å². The predicted octanol–water partition coefficient (Wildman–Crippen LogP) is 4.39. The van der Waals surface area contributed by atoms with E-state index in [-0.39, 0.29) is 10.0 Å². The molecule has 0 saturated carbocycles. The Morgan fingerprint density at radius 3 is 2.46 bits per heavy atom. The summed E-state index contributed by atoms with van der Waals surface area (Å²) in [5, 5.41) is 8.18. The van der Waals surface area contributed by atoms with Crippen LogP contribution in [0.2, 0.25) is 0 Å². The second kappa shape index (κ2) is 7.64. The third-order valence-electron chi connectivity index (χ3n) is 2.96. The quantitative estimate of drug-likeness (QED) is 0.574. The smallest absolute Gasteiger partial charge is 0.253 e. The fourth-order valence-electron chi connectivity index (χ4n) is 1.82.